The van der Waals surface area contributed by atoms with Crippen molar-refractivity contribution < 1.29 is 9.85 Å². The van der Waals surface area contributed by atoms with Crippen LogP contribution in [0.5, 0.6) is 0 Å². The van der Waals surface area contributed by atoms with Crippen LogP contribution in [0, 0.1) is 20.2 Å². The number of nitrogens with zero attached hydrogens (tertiary/aromatic N) is 3. The molecule has 20 heavy (non-hydrogen) atoms. The van der Waals surface area contributed by atoms with Gasteiger partial charge in [-0.1, -0.05) is 6.08 Å². The molecule has 0 aromatic heterocycles. The van der Waals surface area contributed by atoms with Crippen LogP contribution in [-0.4, -0.2) is 15.6 Å². The van der Waals surface area contributed by atoms with E-state index in [2.05, 4.69) is 10.5 Å². The second-order valence-corrected chi connectivity index (χ2v) is 4.31. The van der Waals surface area contributed by atoms with Gasteiger partial charge in [0.05, 0.1) is 21.6 Å². The van der Waals surface area contributed by atoms with Gasteiger partial charge >= 0.3 is 5.69 Å². The third-order valence-electron chi connectivity index (χ3n) is 2.99. The fourth-order valence-corrected chi connectivity index (χ4v) is 1.89. The molecule has 8 nitrogen and oxygen atoms in total. The molecule has 1 N–H and O–H groups in total. The minimum atomic E-state index is -0.674. The Morgan fingerprint density at radius 3 is 2.55 bits per heavy atom. The Balaban J connectivity index is 2.30. The van der Waals surface area contributed by atoms with E-state index in [1.807, 2.05) is 13.0 Å². The molecule has 1 aromatic carbocycles. The average Bonchev–Trinajstić information content (AvgIpc) is 2.81. The summed E-state index contributed by atoms with van der Waals surface area (Å²) < 4.78 is 0. The molecule has 1 aromatic rings. The first-order chi connectivity index (χ1) is 9.49. The van der Waals surface area contributed by atoms with Crippen LogP contribution in [0.4, 0.5) is 17.1 Å². The molecule has 0 saturated carbocycles. The molecule has 0 atom stereocenters. The molecule has 1 aliphatic rings. The molecule has 0 heterocycles. The van der Waals surface area contributed by atoms with E-state index in [1.165, 1.54) is 12.1 Å². The van der Waals surface area contributed by atoms with Gasteiger partial charge in [-0.05, 0) is 31.4 Å². The Bertz CT molecular complexity index is 636. The maximum atomic E-state index is 10.9. The normalized spacial score (nSPS) is 16.1. The van der Waals surface area contributed by atoms with Gasteiger partial charge in [-0.25, -0.2) is 0 Å². The van der Waals surface area contributed by atoms with E-state index >= 15 is 0 Å². The number of non-ortho nitro benzene ring substituents is 1. The maximum absolute atomic E-state index is 10.9. The molecule has 1 aliphatic carbocycles. The third kappa shape index (κ3) is 2.79. The van der Waals surface area contributed by atoms with E-state index in [1.54, 1.807) is 0 Å². The Labute approximate surface area is 114 Å². The van der Waals surface area contributed by atoms with Gasteiger partial charge in [0.1, 0.15) is 5.69 Å². The Morgan fingerprint density at radius 2 is 2.00 bits per heavy atom. The minimum Gasteiger partial charge on any atom is -0.271 e. The fraction of sp³-hybridized carbons (Fsp3) is 0.250. The largest absolute Gasteiger partial charge is 0.301 e. The number of nitro benzene ring substituents is 2. The number of hydrazone groups is 1. The summed E-state index contributed by atoms with van der Waals surface area (Å²) in [4.78, 5) is 20.2. The number of anilines is 1. The molecule has 0 amide bonds. The van der Waals surface area contributed by atoms with Crippen LogP contribution in [0.2, 0.25) is 0 Å². The highest BCUT2D eigenvalue weighted by atomic mass is 16.6. The summed E-state index contributed by atoms with van der Waals surface area (Å²) in [5.41, 5.74) is 3.91. The highest BCUT2D eigenvalue weighted by Gasteiger charge is 2.19. The third-order valence-corrected chi connectivity index (χ3v) is 2.99. The van der Waals surface area contributed by atoms with Crippen LogP contribution in [0.3, 0.4) is 0 Å². The number of allylic oxidation sites excluding steroid dienone is 2. The van der Waals surface area contributed by atoms with Crippen molar-refractivity contribution in [2.24, 2.45) is 5.10 Å². The van der Waals surface area contributed by atoms with Crippen molar-refractivity contribution in [2.45, 2.75) is 19.8 Å². The molecule has 0 saturated heterocycles. The van der Waals surface area contributed by atoms with Crippen LogP contribution < -0.4 is 5.43 Å². The Morgan fingerprint density at radius 1 is 1.25 bits per heavy atom. The van der Waals surface area contributed by atoms with E-state index in [0.717, 1.165) is 30.2 Å². The maximum Gasteiger partial charge on any atom is 0.301 e. The molecule has 104 valence electrons. The van der Waals surface area contributed by atoms with Crippen molar-refractivity contribution in [3.05, 3.63) is 50.1 Å². The van der Waals surface area contributed by atoms with Gasteiger partial charge in [0.2, 0.25) is 0 Å². The lowest BCUT2D eigenvalue weighted by molar-refractivity contribution is -0.393. The summed E-state index contributed by atoms with van der Waals surface area (Å²) in [6.45, 7) is 1.91. The van der Waals surface area contributed by atoms with Gasteiger partial charge in [-0.2, -0.15) is 5.10 Å². The molecule has 0 bridgehead atoms. The predicted octanol–water partition coefficient (Wildman–Crippen LogP) is 3.01. The van der Waals surface area contributed by atoms with Crippen molar-refractivity contribution in [3.8, 4) is 0 Å². The van der Waals surface area contributed by atoms with Crippen LogP contribution >= 0.6 is 0 Å². The van der Waals surface area contributed by atoms with Crippen molar-refractivity contribution in [1.29, 1.82) is 0 Å². The molecule has 0 unspecified atom stereocenters. The van der Waals surface area contributed by atoms with Gasteiger partial charge < -0.3 is 0 Å². The summed E-state index contributed by atoms with van der Waals surface area (Å²) in [6.07, 6.45) is 3.71. The molecule has 0 aliphatic heterocycles. The van der Waals surface area contributed by atoms with Gasteiger partial charge in [0, 0.05) is 6.07 Å². The molecular formula is C12H12N4O4. The second-order valence-electron chi connectivity index (χ2n) is 4.31. The molecule has 0 fully saturated rings. The SMILES string of the molecule is CC1=CCC/C1=N\Nc1ccc([N+](=O)[O-])cc1[N+](=O)[O-]. The van der Waals surface area contributed by atoms with E-state index in [-0.39, 0.29) is 17.1 Å². The lowest BCUT2D eigenvalue weighted by atomic mass is 10.2. The van der Waals surface area contributed by atoms with E-state index in [9.17, 15) is 20.2 Å². The average molecular weight is 276 g/mol. The first-order valence-corrected chi connectivity index (χ1v) is 5.91. The summed E-state index contributed by atoms with van der Waals surface area (Å²) in [5, 5.41) is 25.7. The Hall–Kier alpha value is -2.77. The topological polar surface area (TPSA) is 111 Å². The lowest BCUT2D eigenvalue weighted by Crippen LogP contribution is -2.02. The van der Waals surface area contributed by atoms with E-state index < -0.39 is 9.85 Å². The highest BCUT2D eigenvalue weighted by molar-refractivity contribution is 6.02. The quantitative estimate of drug-likeness (QED) is 0.671. The van der Waals surface area contributed by atoms with Crippen LogP contribution in [-0.2, 0) is 0 Å². The van der Waals surface area contributed by atoms with Crippen molar-refractivity contribution in [3.63, 3.8) is 0 Å². The molecule has 8 heteroatoms. The lowest BCUT2D eigenvalue weighted by Gasteiger charge is -2.04. The number of nitro groups is 2. The molecule has 2 rings (SSSR count). The van der Waals surface area contributed by atoms with Crippen LogP contribution in [0.25, 0.3) is 0 Å². The standard InChI is InChI=1S/C12H12N4O4/c1-8-3-2-4-10(8)13-14-11-6-5-9(15(17)18)7-12(11)16(19)20/h3,5-7,14H,2,4H2,1H3/b13-10+. The summed E-state index contributed by atoms with van der Waals surface area (Å²) >= 11 is 0. The van der Waals surface area contributed by atoms with Gasteiger partial charge in [-0.15, -0.1) is 0 Å². The zero-order valence-electron chi connectivity index (χ0n) is 10.7. The molecular weight excluding hydrogens is 264 g/mol. The second kappa shape index (κ2) is 5.47. The highest BCUT2D eigenvalue weighted by Crippen LogP contribution is 2.29. The van der Waals surface area contributed by atoms with Crippen LogP contribution in [0.1, 0.15) is 19.8 Å². The predicted molar refractivity (Wildman–Crippen MR) is 73.8 cm³/mol. The van der Waals surface area contributed by atoms with Crippen molar-refractivity contribution in [1.82, 2.24) is 0 Å². The smallest absolute Gasteiger partial charge is 0.271 e. The number of hydrogen-bond donors (Lipinski definition) is 1. The van der Waals surface area contributed by atoms with Gasteiger partial charge in [0.25, 0.3) is 5.69 Å². The number of benzene rings is 1. The van der Waals surface area contributed by atoms with Crippen LogP contribution in [0.15, 0.2) is 34.9 Å². The zero-order chi connectivity index (χ0) is 14.7. The molecule has 0 radical (unpaired) electrons. The number of nitrogens with one attached hydrogen (secondary N) is 1. The number of rotatable bonds is 4. The fourth-order valence-electron chi connectivity index (χ4n) is 1.89. The first-order valence-electron chi connectivity index (χ1n) is 5.91. The monoisotopic (exact) mass is 276 g/mol. The van der Waals surface area contributed by atoms with Crippen molar-refractivity contribution in [2.75, 3.05) is 5.43 Å². The van der Waals surface area contributed by atoms with E-state index in [4.69, 9.17) is 0 Å². The zero-order valence-corrected chi connectivity index (χ0v) is 10.7. The minimum absolute atomic E-state index is 0.132. The Kier molecular flexibility index (Phi) is 3.74. The van der Waals surface area contributed by atoms with E-state index in [0.29, 0.717) is 0 Å². The van der Waals surface area contributed by atoms with Gasteiger partial charge in [0.15, 0.2) is 0 Å². The molecule has 0 spiro atoms. The number of hydrogen-bond acceptors (Lipinski definition) is 6. The van der Waals surface area contributed by atoms with Crippen molar-refractivity contribution >= 4 is 22.8 Å². The first kappa shape index (κ1) is 13.7. The summed E-state index contributed by atoms with van der Waals surface area (Å²) in [6, 6.07) is 3.40. The van der Waals surface area contributed by atoms with Gasteiger partial charge in [-0.3, -0.25) is 25.7 Å². The summed E-state index contributed by atoms with van der Waals surface area (Å²) in [5.74, 6) is 0. The summed E-state index contributed by atoms with van der Waals surface area (Å²) in [7, 11) is 0.